The lowest BCUT2D eigenvalue weighted by atomic mass is 10.3. The molecule has 23 heavy (non-hydrogen) atoms. The number of hydrogen-bond donors (Lipinski definition) is 1. The largest absolute Gasteiger partial charge is 0.477 e. The molecule has 2 aromatic heterocycles. The number of carbonyl (C=O) groups is 1. The summed E-state index contributed by atoms with van der Waals surface area (Å²) in [7, 11) is 0. The minimum Gasteiger partial charge on any atom is -0.477 e. The zero-order chi connectivity index (χ0) is 16.4. The number of aryl methyl sites for hydroxylation is 1. The van der Waals surface area contributed by atoms with Crippen LogP contribution in [-0.2, 0) is 13.2 Å². The number of pyridine rings is 1. The van der Waals surface area contributed by atoms with E-state index in [1.54, 1.807) is 0 Å². The van der Waals surface area contributed by atoms with Crippen LogP contribution in [0.15, 0.2) is 36.5 Å². The van der Waals surface area contributed by atoms with E-state index in [0.717, 1.165) is 23.3 Å². The average Bonchev–Trinajstić information content (AvgIpc) is 2.91. The summed E-state index contributed by atoms with van der Waals surface area (Å²) in [5.74, 6) is -1.50. The van der Waals surface area contributed by atoms with Crippen LogP contribution in [0.4, 0.5) is 4.39 Å². The number of hydrogen-bond acceptors (Lipinski definition) is 4. The third-order valence-electron chi connectivity index (χ3n) is 3.44. The van der Waals surface area contributed by atoms with Crippen LogP contribution >= 0.6 is 0 Å². The number of nitrogens with zero attached hydrogens (tertiary/aromatic N) is 3. The van der Waals surface area contributed by atoms with E-state index < -0.39 is 11.8 Å². The normalized spacial score (nSPS) is 10.9. The molecule has 0 unspecified atom stereocenters. The molecule has 0 atom stereocenters. The van der Waals surface area contributed by atoms with Crippen molar-refractivity contribution in [1.82, 2.24) is 14.5 Å². The lowest BCUT2D eigenvalue weighted by Gasteiger charge is -2.09. The monoisotopic (exact) mass is 315 g/mol. The van der Waals surface area contributed by atoms with Gasteiger partial charge in [0.25, 0.3) is 0 Å². The highest BCUT2D eigenvalue weighted by Crippen LogP contribution is 2.20. The average molecular weight is 315 g/mol. The van der Waals surface area contributed by atoms with Gasteiger partial charge in [0.2, 0.25) is 5.88 Å². The Hall–Kier alpha value is -2.96. The van der Waals surface area contributed by atoms with Crippen molar-refractivity contribution in [2.75, 3.05) is 0 Å². The Bertz CT molecular complexity index is 876. The first-order valence-corrected chi connectivity index (χ1v) is 7.06. The van der Waals surface area contributed by atoms with Gasteiger partial charge < -0.3 is 14.4 Å². The van der Waals surface area contributed by atoms with Crippen LogP contribution in [0.2, 0.25) is 0 Å². The van der Waals surface area contributed by atoms with Crippen molar-refractivity contribution in [3.8, 4) is 5.88 Å². The van der Waals surface area contributed by atoms with Crippen LogP contribution < -0.4 is 4.74 Å². The third-order valence-corrected chi connectivity index (χ3v) is 3.44. The first-order chi connectivity index (χ1) is 11.1. The van der Waals surface area contributed by atoms with E-state index >= 15 is 0 Å². The van der Waals surface area contributed by atoms with E-state index in [1.165, 1.54) is 0 Å². The van der Waals surface area contributed by atoms with Crippen LogP contribution in [0.1, 0.15) is 23.1 Å². The van der Waals surface area contributed by atoms with Crippen LogP contribution in [0.5, 0.6) is 5.88 Å². The quantitative estimate of drug-likeness (QED) is 0.783. The number of carboxylic acids is 1. The second-order valence-corrected chi connectivity index (χ2v) is 4.86. The van der Waals surface area contributed by atoms with Gasteiger partial charge in [0.05, 0.1) is 17.2 Å². The highest BCUT2D eigenvalue weighted by Gasteiger charge is 2.16. The van der Waals surface area contributed by atoms with Crippen molar-refractivity contribution < 1.29 is 19.0 Å². The van der Waals surface area contributed by atoms with Gasteiger partial charge >= 0.3 is 5.97 Å². The van der Waals surface area contributed by atoms with Gasteiger partial charge in [-0.25, -0.2) is 19.2 Å². The van der Waals surface area contributed by atoms with Crippen LogP contribution in [-0.4, -0.2) is 25.6 Å². The highest BCUT2D eigenvalue weighted by molar-refractivity contribution is 5.90. The molecule has 0 aliphatic carbocycles. The maximum Gasteiger partial charge on any atom is 0.341 e. The van der Waals surface area contributed by atoms with Gasteiger partial charge in [-0.2, -0.15) is 0 Å². The summed E-state index contributed by atoms with van der Waals surface area (Å²) < 4.78 is 20.6. The fourth-order valence-corrected chi connectivity index (χ4v) is 2.42. The van der Waals surface area contributed by atoms with E-state index in [1.807, 2.05) is 35.8 Å². The molecule has 3 rings (SSSR count). The molecule has 6 nitrogen and oxygen atoms in total. The SMILES string of the molecule is CCn1c(COc2ncc(F)cc2C(=O)O)nc2ccccc21. The maximum atomic E-state index is 13.1. The standard InChI is InChI=1S/C16H14FN3O3/c1-2-20-13-6-4-3-5-12(13)19-14(20)9-23-15-11(16(21)22)7-10(17)8-18-15/h3-8H,2,9H2,1H3,(H,21,22). The Labute approximate surface area is 131 Å². The summed E-state index contributed by atoms with van der Waals surface area (Å²) in [5.41, 5.74) is 1.49. The molecule has 2 heterocycles. The topological polar surface area (TPSA) is 77.2 Å². The number of ether oxygens (including phenoxy) is 1. The molecule has 1 aromatic carbocycles. The Morgan fingerprint density at radius 1 is 1.39 bits per heavy atom. The summed E-state index contributed by atoms with van der Waals surface area (Å²) in [6.07, 6.45) is 0.921. The molecule has 118 valence electrons. The van der Waals surface area contributed by atoms with Crippen LogP contribution in [0.25, 0.3) is 11.0 Å². The lowest BCUT2D eigenvalue weighted by molar-refractivity contribution is 0.0689. The van der Waals surface area contributed by atoms with Gasteiger partial charge in [0.1, 0.15) is 23.8 Å². The van der Waals surface area contributed by atoms with Gasteiger partial charge in [-0.3, -0.25) is 0 Å². The molecule has 0 fully saturated rings. The van der Waals surface area contributed by atoms with E-state index in [9.17, 15) is 9.18 Å². The predicted octanol–water partition coefficient (Wildman–Crippen LogP) is 2.87. The number of halogens is 1. The molecular weight excluding hydrogens is 301 g/mol. The Morgan fingerprint density at radius 2 is 2.17 bits per heavy atom. The van der Waals surface area contributed by atoms with Gasteiger partial charge in [-0.1, -0.05) is 12.1 Å². The molecule has 7 heteroatoms. The summed E-state index contributed by atoms with van der Waals surface area (Å²) in [4.78, 5) is 19.3. The summed E-state index contributed by atoms with van der Waals surface area (Å²) in [6.45, 7) is 2.72. The number of benzene rings is 1. The highest BCUT2D eigenvalue weighted by atomic mass is 19.1. The van der Waals surface area contributed by atoms with Gasteiger partial charge in [-0.15, -0.1) is 0 Å². The Balaban J connectivity index is 1.91. The lowest BCUT2D eigenvalue weighted by Crippen LogP contribution is -2.09. The second kappa shape index (κ2) is 6.04. The minimum atomic E-state index is -1.30. The van der Waals surface area contributed by atoms with Gasteiger partial charge in [-0.05, 0) is 25.1 Å². The summed E-state index contributed by atoms with van der Waals surface area (Å²) >= 11 is 0. The number of carboxylic acid groups (broad SMARTS) is 1. The van der Waals surface area contributed by atoms with Crippen LogP contribution in [0, 0.1) is 5.82 Å². The minimum absolute atomic E-state index is 0.0431. The fourth-order valence-electron chi connectivity index (χ4n) is 2.42. The van der Waals surface area contributed by atoms with E-state index in [0.29, 0.717) is 12.4 Å². The molecule has 3 aromatic rings. The first kappa shape index (κ1) is 15.0. The predicted molar refractivity (Wildman–Crippen MR) is 80.9 cm³/mol. The van der Waals surface area contributed by atoms with Crippen molar-refractivity contribution in [3.05, 3.63) is 53.7 Å². The number of imidazole rings is 1. The number of rotatable bonds is 5. The number of para-hydroxylation sites is 2. The summed E-state index contributed by atoms with van der Waals surface area (Å²) in [6, 6.07) is 8.54. The maximum absolute atomic E-state index is 13.1. The zero-order valence-corrected chi connectivity index (χ0v) is 12.4. The molecular formula is C16H14FN3O3. The van der Waals surface area contributed by atoms with Crippen molar-refractivity contribution in [2.45, 2.75) is 20.1 Å². The third kappa shape index (κ3) is 2.85. The molecule has 0 saturated heterocycles. The van der Waals surface area contributed by atoms with Crippen molar-refractivity contribution in [1.29, 1.82) is 0 Å². The van der Waals surface area contributed by atoms with Crippen molar-refractivity contribution >= 4 is 17.0 Å². The molecule has 0 aliphatic heterocycles. The van der Waals surface area contributed by atoms with Crippen molar-refractivity contribution in [2.24, 2.45) is 0 Å². The molecule has 1 N–H and O–H groups in total. The van der Waals surface area contributed by atoms with Crippen LogP contribution in [0.3, 0.4) is 0 Å². The number of aromatic nitrogens is 3. The molecule has 0 bridgehead atoms. The Morgan fingerprint density at radius 3 is 2.91 bits per heavy atom. The van der Waals surface area contributed by atoms with E-state index in [-0.39, 0.29) is 18.1 Å². The van der Waals surface area contributed by atoms with Gasteiger partial charge in [0, 0.05) is 6.54 Å². The summed E-state index contributed by atoms with van der Waals surface area (Å²) in [5, 5.41) is 9.09. The molecule has 0 aliphatic rings. The smallest absolute Gasteiger partial charge is 0.341 e. The van der Waals surface area contributed by atoms with Crippen molar-refractivity contribution in [3.63, 3.8) is 0 Å². The number of fused-ring (bicyclic) bond motifs is 1. The molecule has 0 spiro atoms. The number of aromatic carboxylic acids is 1. The zero-order valence-electron chi connectivity index (χ0n) is 12.4. The Kier molecular flexibility index (Phi) is 3.92. The molecule has 0 amide bonds. The fraction of sp³-hybridized carbons (Fsp3) is 0.188. The van der Waals surface area contributed by atoms with E-state index in [4.69, 9.17) is 9.84 Å². The second-order valence-electron chi connectivity index (χ2n) is 4.86. The van der Waals surface area contributed by atoms with E-state index in [2.05, 4.69) is 9.97 Å². The first-order valence-electron chi connectivity index (χ1n) is 7.06. The van der Waals surface area contributed by atoms with Gasteiger partial charge in [0.15, 0.2) is 0 Å². The molecule has 0 radical (unpaired) electrons. The molecule has 0 saturated carbocycles.